The van der Waals surface area contributed by atoms with Crippen LogP contribution in [-0.4, -0.2) is 49.9 Å². The third kappa shape index (κ3) is 6.26. The number of amides is 2. The van der Waals surface area contributed by atoms with Gasteiger partial charge in [0.2, 0.25) is 5.91 Å². The maximum atomic E-state index is 13.1. The van der Waals surface area contributed by atoms with Crippen molar-refractivity contribution in [3.8, 4) is 0 Å². The molecule has 7 heteroatoms. The van der Waals surface area contributed by atoms with E-state index in [4.69, 9.17) is 4.74 Å². The molecule has 6 nitrogen and oxygen atoms in total. The van der Waals surface area contributed by atoms with Gasteiger partial charge in [0.05, 0.1) is 17.4 Å². The first-order chi connectivity index (χ1) is 15.7. The molecule has 170 valence electrons. The number of thioether (sulfide) groups is 1. The summed E-state index contributed by atoms with van der Waals surface area (Å²) < 4.78 is 5.64. The Balaban J connectivity index is 1.44. The van der Waals surface area contributed by atoms with E-state index < -0.39 is 0 Å². The summed E-state index contributed by atoms with van der Waals surface area (Å²) in [5.74, 6) is 0.115. The minimum atomic E-state index is -0.115. The molecule has 2 aromatic rings. The summed E-state index contributed by atoms with van der Waals surface area (Å²) in [6, 6.07) is 15.5. The van der Waals surface area contributed by atoms with Crippen molar-refractivity contribution < 1.29 is 14.3 Å². The first-order valence-corrected chi connectivity index (χ1v) is 12.4. The van der Waals surface area contributed by atoms with Crippen LogP contribution in [0.15, 0.2) is 53.4 Å². The third-order valence-electron chi connectivity index (χ3n) is 5.85. The number of carbonyl (C=O) groups excluding carboxylic acids is 2. The van der Waals surface area contributed by atoms with Crippen molar-refractivity contribution >= 4 is 35.0 Å². The van der Waals surface area contributed by atoms with Gasteiger partial charge in [-0.15, -0.1) is 11.8 Å². The Bertz CT molecular complexity index is 910. The van der Waals surface area contributed by atoms with Gasteiger partial charge in [-0.25, -0.2) is 0 Å². The minimum absolute atomic E-state index is 0.0877. The first-order valence-electron chi connectivity index (χ1n) is 11.5. The molecule has 1 unspecified atom stereocenters. The molecule has 0 bridgehead atoms. The Kier molecular flexibility index (Phi) is 8.07. The van der Waals surface area contributed by atoms with E-state index in [0.717, 1.165) is 56.0 Å². The molecule has 4 rings (SSSR count). The maximum absolute atomic E-state index is 13.1. The molecule has 0 aliphatic carbocycles. The SMILES string of the molecule is O=C(CSc1ccccc1)Nc1ccc(N2CCCCC2)c(C(=O)NCC2CCCO2)c1. The molecule has 2 aromatic carbocycles. The number of nitrogens with zero attached hydrogens (tertiary/aromatic N) is 1. The molecule has 2 N–H and O–H groups in total. The van der Waals surface area contributed by atoms with Gasteiger partial charge in [-0.2, -0.15) is 0 Å². The molecule has 2 amide bonds. The van der Waals surface area contributed by atoms with Crippen LogP contribution in [0.25, 0.3) is 0 Å². The summed E-state index contributed by atoms with van der Waals surface area (Å²) in [5.41, 5.74) is 2.19. The summed E-state index contributed by atoms with van der Waals surface area (Å²) in [6.07, 6.45) is 5.61. The Morgan fingerprint density at radius 2 is 1.84 bits per heavy atom. The molecule has 32 heavy (non-hydrogen) atoms. The molecular weight excluding hydrogens is 422 g/mol. The van der Waals surface area contributed by atoms with E-state index in [0.29, 0.717) is 23.5 Å². The fourth-order valence-electron chi connectivity index (χ4n) is 4.18. The van der Waals surface area contributed by atoms with E-state index in [2.05, 4.69) is 15.5 Å². The summed E-state index contributed by atoms with van der Waals surface area (Å²) in [7, 11) is 0. The third-order valence-corrected chi connectivity index (χ3v) is 6.86. The fourth-order valence-corrected chi connectivity index (χ4v) is 4.90. The number of rotatable bonds is 8. The number of anilines is 2. The van der Waals surface area contributed by atoms with Gasteiger partial charge in [0.15, 0.2) is 0 Å². The van der Waals surface area contributed by atoms with Gasteiger partial charge in [-0.3, -0.25) is 9.59 Å². The zero-order valence-corrected chi connectivity index (χ0v) is 19.2. The Labute approximate surface area is 194 Å². The van der Waals surface area contributed by atoms with Gasteiger partial charge in [0, 0.05) is 42.5 Å². The lowest BCUT2D eigenvalue weighted by Gasteiger charge is -2.30. The van der Waals surface area contributed by atoms with Crippen molar-refractivity contribution in [3.63, 3.8) is 0 Å². The maximum Gasteiger partial charge on any atom is 0.253 e. The number of hydrogen-bond donors (Lipinski definition) is 2. The second-order valence-electron chi connectivity index (χ2n) is 8.27. The van der Waals surface area contributed by atoms with Crippen LogP contribution in [0, 0.1) is 0 Å². The molecule has 1 atom stereocenters. The molecule has 0 spiro atoms. The smallest absolute Gasteiger partial charge is 0.253 e. The highest BCUT2D eigenvalue weighted by molar-refractivity contribution is 8.00. The predicted molar refractivity (Wildman–Crippen MR) is 130 cm³/mol. The molecule has 0 radical (unpaired) electrons. The van der Waals surface area contributed by atoms with E-state index >= 15 is 0 Å². The Morgan fingerprint density at radius 1 is 1.03 bits per heavy atom. The largest absolute Gasteiger partial charge is 0.376 e. The lowest BCUT2D eigenvalue weighted by Crippen LogP contribution is -2.35. The van der Waals surface area contributed by atoms with Crippen LogP contribution in [0.1, 0.15) is 42.5 Å². The molecule has 2 fully saturated rings. The van der Waals surface area contributed by atoms with Crippen LogP contribution in [0.2, 0.25) is 0 Å². The fraction of sp³-hybridized carbons (Fsp3) is 0.440. The molecule has 2 heterocycles. The number of carbonyl (C=O) groups is 2. The second kappa shape index (κ2) is 11.4. The summed E-state index contributed by atoms with van der Waals surface area (Å²) in [4.78, 5) is 28.9. The highest BCUT2D eigenvalue weighted by Gasteiger charge is 2.22. The normalized spacial score (nSPS) is 18.4. The number of piperidine rings is 1. The zero-order chi connectivity index (χ0) is 22.2. The monoisotopic (exact) mass is 453 g/mol. The van der Waals surface area contributed by atoms with Gasteiger partial charge >= 0.3 is 0 Å². The van der Waals surface area contributed by atoms with Crippen LogP contribution < -0.4 is 15.5 Å². The average Bonchev–Trinajstić information content (AvgIpc) is 3.36. The minimum Gasteiger partial charge on any atom is -0.376 e. The predicted octanol–water partition coefficient (Wildman–Crippen LogP) is 4.32. The molecular formula is C25H31N3O3S. The first kappa shape index (κ1) is 22.7. The van der Waals surface area contributed by atoms with Crippen molar-refractivity contribution in [2.24, 2.45) is 0 Å². The van der Waals surface area contributed by atoms with Crippen molar-refractivity contribution in [2.45, 2.75) is 43.1 Å². The van der Waals surface area contributed by atoms with Gasteiger partial charge in [-0.05, 0) is 62.4 Å². The van der Waals surface area contributed by atoms with Gasteiger partial charge < -0.3 is 20.3 Å². The molecule has 0 saturated carbocycles. The average molecular weight is 454 g/mol. The number of benzene rings is 2. The summed E-state index contributed by atoms with van der Waals surface area (Å²) >= 11 is 1.49. The summed E-state index contributed by atoms with van der Waals surface area (Å²) in [5, 5.41) is 5.99. The highest BCUT2D eigenvalue weighted by atomic mass is 32.2. The molecule has 0 aromatic heterocycles. The number of nitrogens with one attached hydrogen (secondary N) is 2. The molecule has 2 aliphatic rings. The molecule has 2 saturated heterocycles. The summed E-state index contributed by atoms with van der Waals surface area (Å²) in [6.45, 7) is 3.18. The second-order valence-corrected chi connectivity index (χ2v) is 9.32. The van der Waals surface area contributed by atoms with E-state index in [-0.39, 0.29) is 17.9 Å². The van der Waals surface area contributed by atoms with E-state index in [9.17, 15) is 9.59 Å². The van der Waals surface area contributed by atoms with Crippen molar-refractivity contribution in [1.82, 2.24) is 5.32 Å². The van der Waals surface area contributed by atoms with E-state index in [1.165, 1.54) is 18.2 Å². The quantitative estimate of drug-likeness (QED) is 0.583. The zero-order valence-electron chi connectivity index (χ0n) is 18.3. The van der Waals surface area contributed by atoms with Crippen LogP contribution in [0.4, 0.5) is 11.4 Å². The van der Waals surface area contributed by atoms with Crippen molar-refractivity contribution in [1.29, 1.82) is 0 Å². The van der Waals surface area contributed by atoms with Gasteiger partial charge in [0.25, 0.3) is 5.91 Å². The van der Waals surface area contributed by atoms with Crippen molar-refractivity contribution in [3.05, 3.63) is 54.1 Å². The number of hydrogen-bond acceptors (Lipinski definition) is 5. The molecule has 2 aliphatic heterocycles. The van der Waals surface area contributed by atoms with Crippen LogP contribution in [0.5, 0.6) is 0 Å². The van der Waals surface area contributed by atoms with Gasteiger partial charge in [-0.1, -0.05) is 18.2 Å². The van der Waals surface area contributed by atoms with Crippen molar-refractivity contribution in [2.75, 3.05) is 42.2 Å². The van der Waals surface area contributed by atoms with E-state index in [1.807, 2.05) is 42.5 Å². The lowest BCUT2D eigenvalue weighted by molar-refractivity contribution is -0.113. The van der Waals surface area contributed by atoms with Crippen LogP contribution in [-0.2, 0) is 9.53 Å². The number of ether oxygens (including phenoxy) is 1. The van der Waals surface area contributed by atoms with Gasteiger partial charge in [0.1, 0.15) is 0 Å². The highest BCUT2D eigenvalue weighted by Crippen LogP contribution is 2.28. The topological polar surface area (TPSA) is 70.7 Å². The van der Waals surface area contributed by atoms with Crippen LogP contribution >= 0.6 is 11.8 Å². The lowest BCUT2D eigenvalue weighted by atomic mass is 10.1. The standard InChI is InChI=1S/C25H31N3O3S/c29-24(18-32-21-9-3-1-4-10-21)27-19-11-12-23(28-13-5-2-6-14-28)22(16-19)25(30)26-17-20-8-7-15-31-20/h1,3-4,9-12,16,20H,2,5-8,13-15,17-18H2,(H,26,30)(H,27,29). The van der Waals surface area contributed by atoms with Crippen LogP contribution in [0.3, 0.4) is 0 Å². The van der Waals surface area contributed by atoms with E-state index in [1.54, 1.807) is 6.07 Å². The Hall–Kier alpha value is -2.51. The Morgan fingerprint density at radius 3 is 2.59 bits per heavy atom.